The van der Waals surface area contributed by atoms with Crippen LogP contribution in [0.4, 0.5) is 5.13 Å². The van der Waals surface area contributed by atoms with Crippen LogP contribution in [-0.2, 0) is 14.3 Å². The molecule has 10 heteroatoms. The monoisotopic (exact) mass is 342 g/mol. The highest BCUT2D eigenvalue weighted by Crippen LogP contribution is 2.25. The van der Waals surface area contributed by atoms with Gasteiger partial charge in [-0.3, -0.25) is 9.89 Å². The van der Waals surface area contributed by atoms with Crippen LogP contribution in [-0.4, -0.2) is 57.9 Å². The summed E-state index contributed by atoms with van der Waals surface area (Å²) in [6, 6.07) is 0. The third-order valence-corrected chi connectivity index (χ3v) is 4.53. The molecule has 3 heterocycles. The van der Waals surface area contributed by atoms with Gasteiger partial charge in [0.2, 0.25) is 5.13 Å². The van der Waals surface area contributed by atoms with Gasteiger partial charge in [0.25, 0.3) is 5.91 Å². The quantitative estimate of drug-likeness (QED) is 0.684. The Morgan fingerprint density at radius 2 is 2.45 bits per heavy atom. The van der Waals surface area contributed by atoms with Crippen molar-refractivity contribution in [1.82, 2.24) is 15.1 Å². The summed E-state index contributed by atoms with van der Waals surface area (Å²) in [5, 5.41) is 18.9. The average molecular weight is 342 g/mol. The van der Waals surface area contributed by atoms with Gasteiger partial charge in [0.1, 0.15) is 5.70 Å². The number of carbonyl (C=O) groups is 2. The molecule has 1 atom stereocenters. The summed E-state index contributed by atoms with van der Waals surface area (Å²) in [6.07, 6.45) is 1.83. The molecular formula is C12H14N4O4S2. The molecule has 1 saturated heterocycles. The fourth-order valence-electron chi connectivity index (χ4n) is 2.50. The number of ether oxygens (including phenoxy) is 1. The molecule has 2 aliphatic heterocycles. The highest BCUT2D eigenvalue weighted by molar-refractivity contribution is 7.73. The molecule has 2 aliphatic rings. The molecule has 0 spiro atoms. The van der Waals surface area contributed by atoms with Gasteiger partial charge >= 0.3 is 5.97 Å². The van der Waals surface area contributed by atoms with E-state index in [0.29, 0.717) is 22.2 Å². The summed E-state index contributed by atoms with van der Waals surface area (Å²) < 4.78 is 5.95. The van der Waals surface area contributed by atoms with E-state index in [0.717, 1.165) is 24.2 Å². The van der Waals surface area contributed by atoms with Crippen LogP contribution in [0.15, 0.2) is 11.3 Å². The van der Waals surface area contributed by atoms with E-state index in [1.165, 1.54) is 4.90 Å². The molecule has 22 heavy (non-hydrogen) atoms. The van der Waals surface area contributed by atoms with Crippen molar-refractivity contribution in [2.45, 2.75) is 18.9 Å². The van der Waals surface area contributed by atoms with E-state index in [1.54, 1.807) is 0 Å². The topological polar surface area (TPSA) is 108 Å². The van der Waals surface area contributed by atoms with Gasteiger partial charge < -0.3 is 20.1 Å². The fourth-order valence-corrected chi connectivity index (χ4v) is 3.30. The smallest absolute Gasteiger partial charge is 0.335 e. The molecule has 3 N–H and O–H groups in total. The Labute approximate surface area is 134 Å². The standard InChI is InChI=1S/C12H14N4O4S2/c17-9-8(13-11-14-15-12(21)22-11)7(10(18)19)5-16(9)4-6-2-1-3-20-6/h6H,1-5H2,(H,13,14)(H,15,21)(H,18,19). The number of carboxylic acid groups (broad SMARTS) is 1. The van der Waals surface area contributed by atoms with Crippen molar-refractivity contribution in [3.05, 3.63) is 15.2 Å². The highest BCUT2D eigenvalue weighted by atomic mass is 32.1. The van der Waals surface area contributed by atoms with E-state index in [9.17, 15) is 14.7 Å². The SMILES string of the molecule is O=C(O)C1=C(Nc2n[nH]c(=S)s2)C(=O)N(CC2CCCO2)C1. The molecule has 1 aromatic heterocycles. The molecule has 1 aromatic rings. The Balaban J connectivity index is 1.77. The second-order valence-electron chi connectivity index (χ2n) is 5.02. The number of amides is 1. The summed E-state index contributed by atoms with van der Waals surface area (Å²) in [4.78, 5) is 25.3. The summed E-state index contributed by atoms with van der Waals surface area (Å²) in [6.45, 7) is 1.15. The lowest BCUT2D eigenvalue weighted by molar-refractivity contribution is -0.132. The third kappa shape index (κ3) is 3.03. The minimum atomic E-state index is -1.12. The van der Waals surface area contributed by atoms with Gasteiger partial charge in [0, 0.05) is 13.2 Å². The van der Waals surface area contributed by atoms with Crippen LogP contribution >= 0.6 is 23.6 Å². The molecule has 0 saturated carbocycles. The first kappa shape index (κ1) is 15.1. The molecular weight excluding hydrogens is 328 g/mol. The van der Waals surface area contributed by atoms with E-state index in [4.69, 9.17) is 17.0 Å². The molecule has 118 valence electrons. The minimum absolute atomic E-state index is 0.0224. The van der Waals surface area contributed by atoms with E-state index in [1.807, 2.05) is 0 Å². The minimum Gasteiger partial charge on any atom is -0.478 e. The summed E-state index contributed by atoms with van der Waals surface area (Å²) in [5.41, 5.74) is 0.0763. The van der Waals surface area contributed by atoms with Crippen molar-refractivity contribution in [1.29, 1.82) is 0 Å². The molecule has 8 nitrogen and oxygen atoms in total. The maximum absolute atomic E-state index is 12.4. The Kier molecular flexibility index (Phi) is 4.23. The second kappa shape index (κ2) is 6.15. The summed E-state index contributed by atoms with van der Waals surface area (Å²) in [7, 11) is 0. The highest BCUT2D eigenvalue weighted by Gasteiger charge is 2.36. The second-order valence-corrected chi connectivity index (χ2v) is 6.69. The number of nitrogens with zero attached hydrogens (tertiary/aromatic N) is 2. The predicted molar refractivity (Wildman–Crippen MR) is 81.1 cm³/mol. The molecule has 0 radical (unpaired) electrons. The number of aromatic amines is 1. The van der Waals surface area contributed by atoms with Gasteiger partial charge in [-0.25, -0.2) is 4.79 Å². The molecule has 1 unspecified atom stereocenters. The largest absolute Gasteiger partial charge is 0.478 e. The molecule has 1 amide bonds. The van der Waals surface area contributed by atoms with Gasteiger partial charge in [0.05, 0.1) is 18.2 Å². The maximum Gasteiger partial charge on any atom is 0.335 e. The van der Waals surface area contributed by atoms with E-state index < -0.39 is 5.97 Å². The van der Waals surface area contributed by atoms with Crippen LogP contribution in [0.3, 0.4) is 0 Å². The molecule has 0 aliphatic carbocycles. The molecule has 0 bridgehead atoms. The number of hydrogen-bond acceptors (Lipinski definition) is 7. The van der Waals surface area contributed by atoms with Gasteiger partial charge in [-0.1, -0.05) is 11.3 Å². The zero-order chi connectivity index (χ0) is 15.7. The Morgan fingerprint density at radius 1 is 1.64 bits per heavy atom. The number of aliphatic carboxylic acids is 1. The third-order valence-electron chi connectivity index (χ3n) is 3.53. The number of anilines is 1. The lowest BCUT2D eigenvalue weighted by Crippen LogP contribution is -2.35. The first-order chi connectivity index (χ1) is 10.5. The van der Waals surface area contributed by atoms with Gasteiger partial charge in [-0.05, 0) is 25.1 Å². The van der Waals surface area contributed by atoms with Crippen LogP contribution in [0, 0.1) is 3.95 Å². The van der Waals surface area contributed by atoms with Crippen LogP contribution < -0.4 is 5.32 Å². The average Bonchev–Trinajstić information content (AvgIpc) is 3.17. The molecule has 1 fully saturated rings. The zero-order valence-electron chi connectivity index (χ0n) is 11.5. The van der Waals surface area contributed by atoms with Crippen molar-refractivity contribution in [2.75, 3.05) is 25.0 Å². The fraction of sp³-hybridized carbons (Fsp3) is 0.500. The number of carboxylic acids is 1. The summed E-state index contributed by atoms with van der Waals surface area (Å²) in [5.74, 6) is -1.47. The summed E-state index contributed by atoms with van der Waals surface area (Å²) >= 11 is 6.06. The van der Waals surface area contributed by atoms with Crippen LogP contribution in [0.25, 0.3) is 0 Å². The predicted octanol–water partition coefficient (Wildman–Crippen LogP) is 0.972. The van der Waals surface area contributed by atoms with Gasteiger partial charge in [-0.15, -0.1) is 5.10 Å². The number of H-pyrrole nitrogens is 1. The van der Waals surface area contributed by atoms with Gasteiger partial charge in [-0.2, -0.15) is 0 Å². The first-order valence-electron chi connectivity index (χ1n) is 6.74. The number of nitrogens with one attached hydrogen (secondary N) is 2. The number of hydrogen-bond donors (Lipinski definition) is 3. The lowest BCUT2D eigenvalue weighted by atomic mass is 10.2. The maximum atomic E-state index is 12.4. The van der Waals surface area contributed by atoms with Crippen LogP contribution in [0.5, 0.6) is 0 Å². The Bertz CT molecular complexity index is 689. The van der Waals surface area contributed by atoms with Crippen molar-refractivity contribution in [3.8, 4) is 0 Å². The Morgan fingerprint density at radius 3 is 3.05 bits per heavy atom. The van der Waals surface area contributed by atoms with E-state index >= 15 is 0 Å². The molecule has 3 rings (SSSR count). The first-order valence-corrected chi connectivity index (χ1v) is 7.97. The number of rotatable bonds is 5. The van der Waals surface area contributed by atoms with Crippen molar-refractivity contribution >= 4 is 40.6 Å². The van der Waals surface area contributed by atoms with Gasteiger partial charge in [0.15, 0.2) is 3.95 Å². The number of aromatic nitrogens is 2. The van der Waals surface area contributed by atoms with Crippen LogP contribution in [0.2, 0.25) is 0 Å². The van der Waals surface area contributed by atoms with Crippen LogP contribution in [0.1, 0.15) is 12.8 Å². The number of carbonyl (C=O) groups excluding carboxylic acids is 1. The normalized spacial score (nSPS) is 21.7. The van der Waals surface area contributed by atoms with Crippen molar-refractivity contribution in [2.24, 2.45) is 0 Å². The Hall–Kier alpha value is -1.78. The van der Waals surface area contributed by atoms with Crippen molar-refractivity contribution in [3.63, 3.8) is 0 Å². The lowest BCUT2D eigenvalue weighted by Gasteiger charge is -2.20. The van der Waals surface area contributed by atoms with E-state index in [2.05, 4.69) is 15.5 Å². The van der Waals surface area contributed by atoms with Crippen molar-refractivity contribution < 1.29 is 19.4 Å². The van der Waals surface area contributed by atoms with E-state index in [-0.39, 0.29) is 29.8 Å². The molecule has 0 aromatic carbocycles. The zero-order valence-corrected chi connectivity index (χ0v) is 13.1.